The van der Waals surface area contributed by atoms with E-state index >= 15 is 0 Å². The number of nitriles is 1. The van der Waals surface area contributed by atoms with Crippen LogP contribution in [0.2, 0.25) is 0 Å². The summed E-state index contributed by atoms with van der Waals surface area (Å²) in [5.41, 5.74) is 1.15. The van der Waals surface area contributed by atoms with Crippen molar-refractivity contribution in [3.05, 3.63) is 76.5 Å². The van der Waals surface area contributed by atoms with Gasteiger partial charge in [0.2, 0.25) is 5.95 Å². The van der Waals surface area contributed by atoms with Gasteiger partial charge >= 0.3 is 0 Å². The maximum absolute atomic E-state index is 14.5. The van der Waals surface area contributed by atoms with Gasteiger partial charge in [-0.05, 0) is 29.8 Å². The molecule has 7 nitrogen and oxygen atoms in total. The van der Waals surface area contributed by atoms with Crippen LogP contribution in [-0.2, 0) is 13.0 Å². The number of anilines is 1. The molecule has 0 spiro atoms. The Hall–Kier alpha value is -4.39. The Kier molecular flexibility index (Phi) is 4.94. The molecule has 0 unspecified atom stereocenters. The molecule has 1 aliphatic heterocycles. The number of fused-ring (bicyclic) bond motifs is 2. The fourth-order valence-corrected chi connectivity index (χ4v) is 3.89. The van der Waals surface area contributed by atoms with Gasteiger partial charge in [-0.25, -0.2) is 23.1 Å². The third-order valence-electron chi connectivity index (χ3n) is 5.48. The van der Waals surface area contributed by atoms with E-state index < -0.39 is 17.2 Å². The molecule has 0 aliphatic carbocycles. The second-order valence-electron chi connectivity index (χ2n) is 7.35. The van der Waals surface area contributed by atoms with Gasteiger partial charge in [0.1, 0.15) is 29.3 Å². The van der Waals surface area contributed by atoms with Crippen LogP contribution in [0.25, 0.3) is 16.8 Å². The van der Waals surface area contributed by atoms with Crippen molar-refractivity contribution in [2.75, 3.05) is 11.9 Å². The van der Waals surface area contributed by atoms with Crippen molar-refractivity contribution in [2.24, 2.45) is 0 Å². The molecule has 0 radical (unpaired) electrons. The minimum atomic E-state index is -1.02. The number of nitrogens with zero attached hydrogens (tertiary/aromatic N) is 4. The van der Waals surface area contributed by atoms with Crippen molar-refractivity contribution < 1.29 is 22.7 Å². The van der Waals surface area contributed by atoms with E-state index in [0.717, 1.165) is 17.7 Å². The molecule has 5 rings (SSSR count). The predicted molar refractivity (Wildman–Crippen MR) is 111 cm³/mol. The van der Waals surface area contributed by atoms with Crippen LogP contribution in [0.3, 0.4) is 0 Å². The molecule has 0 atom stereocenters. The highest BCUT2D eigenvalue weighted by molar-refractivity contribution is 5.82. The third-order valence-corrected chi connectivity index (χ3v) is 5.48. The van der Waals surface area contributed by atoms with Crippen LogP contribution < -0.4 is 10.1 Å². The number of ether oxygens (including phenoxy) is 1. The Morgan fingerprint density at radius 3 is 2.73 bits per heavy atom. The minimum absolute atomic E-state index is 0.0536. The number of aromatic nitrogens is 3. The van der Waals surface area contributed by atoms with E-state index in [4.69, 9.17) is 4.74 Å². The highest BCUT2D eigenvalue weighted by Gasteiger charge is 2.21. The predicted octanol–water partition coefficient (Wildman–Crippen LogP) is 4.04. The largest absolute Gasteiger partial charge is 0.493 e. The molecule has 2 aromatic carbocycles. The second kappa shape index (κ2) is 7.94. The quantitative estimate of drug-likeness (QED) is 0.463. The highest BCUT2D eigenvalue weighted by atomic mass is 19.1. The fourth-order valence-electron chi connectivity index (χ4n) is 3.89. The third kappa shape index (κ3) is 3.43. The van der Waals surface area contributed by atoms with Crippen molar-refractivity contribution >= 4 is 17.9 Å². The smallest absolute Gasteiger partial charge is 0.208 e. The first-order valence-electron chi connectivity index (χ1n) is 9.90. The van der Waals surface area contributed by atoms with Crippen LogP contribution in [0.1, 0.15) is 27.2 Å². The summed E-state index contributed by atoms with van der Waals surface area (Å²) < 4.78 is 49.8. The van der Waals surface area contributed by atoms with Crippen LogP contribution >= 0.6 is 0 Å². The number of halogens is 3. The number of nitrogens with one attached hydrogen (secondary N) is 1. The number of carbonyl (C=O) groups is 1. The number of aldehydes is 1. The molecule has 1 aliphatic rings. The topological polar surface area (TPSA) is 92.3 Å². The van der Waals surface area contributed by atoms with Crippen molar-refractivity contribution in [3.8, 4) is 22.9 Å². The van der Waals surface area contributed by atoms with Gasteiger partial charge in [-0.2, -0.15) is 5.26 Å². The lowest BCUT2D eigenvalue weighted by Crippen LogP contribution is -2.09. The van der Waals surface area contributed by atoms with Crippen molar-refractivity contribution in [1.29, 1.82) is 5.26 Å². The summed E-state index contributed by atoms with van der Waals surface area (Å²) in [7, 11) is 0. The first-order valence-corrected chi connectivity index (χ1v) is 9.90. The molecule has 3 heterocycles. The number of hydrogen-bond acceptors (Lipinski definition) is 6. The lowest BCUT2D eigenvalue weighted by atomic mass is 10.0. The SMILES string of the molecule is N#Cc1cn2c(NCc3c(F)ccc4c3CCO4)ncc(-c3cc(F)c(C=O)c(F)c3)c2n1. The van der Waals surface area contributed by atoms with E-state index in [-0.39, 0.29) is 47.1 Å². The summed E-state index contributed by atoms with van der Waals surface area (Å²) in [6.45, 7) is 0.573. The number of imidazole rings is 1. The maximum Gasteiger partial charge on any atom is 0.208 e. The molecule has 10 heteroatoms. The Morgan fingerprint density at radius 1 is 1.21 bits per heavy atom. The zero-order chi connectivity index (χ0) is 23.1. The molecule has 1 N–H and O–H groups in total. The zero-order valence-electron chi connectivity index (χ0n) is 16.9. The molecule has 0 bridgehead atoms. The van der Waals surface area contributed by atoms with Gasteiger partial charge in [-0.3, -0.25) is 9.20 Å². The van der Waals surface area contributed by atoms with Gasteiger partial charge < -0.3 is 10.1 Å². The van der Waals surface area contributed by atoms with Crippen LogP contribution in [-0.4, -0.2) is 27.3 Å². The zero-order valence-corrected chi connectivity index (χ0v) is 16.9. The Labute approximate surface area is 185 Å². The summed E-state index contributed by atoms with van der Waals surface area (Å²) in [6.07, 6.45) is 3.44. The number of rotatable bonds is 5. The Bertz CT molecular complexity index is 1450. The molecule has 0 amide bonds. The first kappa shape index (κ1) is 20.5. The Morgan fingerprint density at radius 2 is 2.00 bits per heavy atom. The first-order chi connectivity index (χ1) is 16.0. The van der Waals surface area contributed by atoms with Crippen molar-refractivity contribution in [1.82, 2.24) is 14.4 Å². The lowest BCUT2D eigenvalue weighted by Gasteiger charge is -2.13. The number of benzene rings is 2. The average molecular weight is 449 g/mol. The van der Waals surface area contributed by atoms with Gasteiger partial charge in [-0.15, -0.1) is 0 Å². The normalized spacial score (nSPS) is 12.3. The van der Waals surface area contributed by atoms with E-state index in [1.165, 1.54) is 22.9 Å². The molecule has 4 aromatic rings. The van der Waals surface area contributed by atoms with Gasteiger partial charge in [-0.1, -0.05) is 0 Å². The monoisotopic (exact) mass is 449 g/mol. The van der Waals surface area contributed by atoms with E-state index in [9.17, 15) is 23.2 Å². The molecule has 33 heavy (non-hydrogen) atoms. The molecule has 164 valence electrons. The molecule has 0 saturated carbocycles. The molecule has 2 aromatic heterocycles. The minimum Gasteiger partial charge on any atom is -0.493 e. The summed E-state index contributed by atoms with van der Waals surface area (Å²) in [6, 6.07) is 6.85. The second-order valence-corrected chi connectivity index (χ2v) is 7.35. The molecule has 0 saturated heterocycles. The van der Waals surface area contributed by atoms with Crippen LogP contribution in [0.4, 0.5) is 19.1 Å². The molecule has 0 fully saturated rings. The van der Waals surface area contributed by atoms with Gasteiger partial charge in [0.15, 0.2) is 17.6 Å². The van der Waals surface area contributed by atoms with E-state index in [1.54, 1.807) is 6.07 Å². The molecular weight excluding hydrogens is 435 g/mol. The van der Waals surface area contributed by atoms with Crippen LogP contribution in [0.15, 0.2) is 36.7 Å². The maximum atomic E-state index is 14.5. The van der Waals surface area contributed by atoms with E-state index in [1.807, 2.05) is 6.07 Å². The standard InChI is InChI=1S/C23H14F3N5O2/c24-18-1-2-21-14(3-4-33-21)16(18)9-29-23-28-8-15(22-30-13(7-27)10-31(22)23)12-5-19(25)17(11-32)20(26)6-12/h1-2,5-6,8,10-11H,3-4,9H2,(H,28,29). The van der Waals surface area contributed by atoms with Crippen LogP contribution in [0.5, 0.6) is 5.75 Å². The average Bonchev–Trinajstić information content (AvgIpc) is 3.45. The van der Waals surface area contributed by atoms with E-state index in [0.29, 0.717) is 24.3 Å². The lowest BCUT2D eigenvalue weighted by molar-refractivity contribution is 0.111. The van der Waals surface area contributed by atoms with Crippen LogP contribution in [0, 0.1) is 28.8 Å². The highest BCUT2D eigenvalue weighted by Crippen LogP contribution is 2.32. The van der Waals surface area contributed by atoms with Crippen molar-refractivity contribution in [2.45, 2.75) is 13.0 Å². The van der Waals surface area contributed by atoms with Gasteiger partial charge in [0, 0.05) is 35.9 Å². The van der Waals surface area contributed by atoms with Gasteiger partial charge in [0.25, 0.3) is 0 Å². The summed E-state index contributed by atoms with van der Waals surface area (Å²) in [4.78, 5) is 19.4. The number of hydrogen-bond donors (Lipinski definition) is 1. The van der Waals surface area contributed by atoms with E-state index in [2.05, 4.69) is 15.3 Å². The van der Waals surface area contributed by atoms with Gasteiger partial charge in [0.05, 0.1) is 18.4 Å². The number of carbonyl (C=O) groups excluding carboxylic acids is 1. The fraction of sp³-hybridized carbons (Fsp3) is 0.130. The summed E-state index contributed by atoms with van der Waals surface area (Å²) in [5, 5.41) is 12.4. The summed E-state index contributed by atoms with van der Waals surface area (Å²) in [5.74, 6) is -1.54. The molecular formula is C23H14F3N5O2. The summed E-state index contributed by atoms with van der Waals surface area (Å²) >= 11 is 0. The van der Waals surface area contributed by atoms with Crippen molar-refractivity contribution in [3.63, 3.8) is 0 Å². The Balaban J connectivity index is 1.57.